The summed E-state index contributed by atoms with van der Waals surface area (Å²) < 4.78 is 0. The van der Waals surface area contributed by atoms with E-state index in [-0.39, 0.29) is 28.9 Å². The van der Waals surface area contributed by atoms with Gasteiger partial charge in [0.2, 0.25) is 5.91 Å². The van der Waals surface area contributed by atoms with E-state index in [1.165, 1.54) is 0 Å². The van der Waals surface area contributed by atoms with Crippen molar-refractivity contribution in [3.8, 4) is 0 Å². The largest absolute Gasteiger partial charge is 0.325 e. The van der Waals surface area contributed by atoms with E-state index in [9.17, 15) is 4.79 Å². The number of carbonyl (C=O) groups is 1. The Balaban J connectivity index is 0.00000161. The lowest BCUT2D eigenvalue weighted by atomic mass is 9.97. The number of benzene rings is 2. The molecule has 5 heteroatoms. The summed E-state index contributed by atoms with van der Waals surface area (Å²) in [5.74, 6) is -0.00905. The molecule has 1 aliphatic heterocycles. The standard InChI is InChI=1S/C16H17N3O.BrH/c1-17-19-11-15(20)18-14-10-6-5-9-13(14)16(19)12-7-3-2-4-8-12;/h2-10,16-17H,11H2,1H3,(H,18,20);1H. The van der Waals surface area contributed by atoms with Crippen LogP contribution in [0.5, 0.6) is 0 Å². The van der Waals surface area contributed by atoms with Gasteiger partial charge in [0, 0.05) is 5.69 Å². The second-order valence-corrected chi connectivity index (χ2v) is 4.80. The first kappa shape index (κ1) is 15.7. The van der Waals surface area contributed by atoms with Crippen molar-refractivity contribution in [2.75, 3.05) is 18.9 Å². The number of hydrazine groups is 1. The van der Waals surface area contributed by atoms with Gasteiger partial charge in [0.05, 0.1) is 12.6 Å². The fraction of sp³-hybridized carbons (Fsp3) is 0.188. The molecule has 0 bridgehead atoms. The van der Waals surface area contributed by atoms with Gasteiger partial charge >= 0.3 is 0 Å². The lowest BCUT2D eigenvalue weighted by molar-refractivity contribution is -0.118. The minimum atomic E-state index is -0.00905. The van der Waals surface area contributed by atoms with Gasteiger partial charge < -0.3 is 5.32 Å². The van der Waals surface area contributed by atoms with E-state index in [4.69, 9.17) is 0 Å². The normalized spacial score (nSPS) is 18.1. The third-order valence-corrected chi connectivity index (χ3v) is 3.56. The third-order valence-electron chi connectivity index (χ3n) is 3.56. The summed E-state index contributed by atoms with van der Waals surface area (Å²) in [5, 5.41) is 4.92. The first-order valence-electron chi connectivity index (χ1n) is 6.67. The highest BCUT2D eigenvalue weighted by molar-refractivity contribution is 8.93. The molecule has 2 aromatic carbocycles. The van der Waals surface area contributed by atoms with Gasteiger partial charge in [-0.05, 0) is 24.2 Å². The molecule has 1 atom stereocenters. The summed E-state index contributed by atoms with van der Waals surface area (Å²) in [6.45, 7) is 0.310. The lowest BCUT2D eigenvalue weighted by Crippen LogP contribution is -2.42. The number of nitrogens with zero attached hydrogens (tertiary/aromatic N) is 1. The number of nitrogens with one attached hydrogen (secondary N) is 2. The van der Waals surface area contributed by atoms with Crippen molar-refractivity contribution in [1.29, 1.82) is 0 Å². The minimum Gasteiger partial charge on any atom is -0.325 e. The summed E-state index contributed by atoms with van der Waals surface area (Å²) >= 11 is 0. The van der Waals surface area contributed by atoms with Crippen LogP contribution in [0.1, 0.15) is 17.2 Å². The number of hydrogen-bond donors (Lipinski definition) is 2. The molecule has 1 amide bonds. The maximum absolute atomic E-state index is 12.0. The zero-order chi connectivity index (χ0) is 13.9. The minimum absolute atomic E-state index is 0. The summed E-state index contributed by atoms with van der Waals surface area (Å²) in [7, 11) is 1.84. The van der Waals surface area contributed by atoms with E-state index in [1.54, 1.807) is 0 Å². The van der Waals surface area contributed by atoms with Crippen molar-refractivity contribution in [1.82, 2.24) is 10.4 Å². The zero-order valence-electron chi connectivity index (χ0n) is 11.7. The summed E-state index contributed by atoms with van der Waals surface area (Å²) in [6, 6.07) is 18.2. The lowest BCUT2D eigenvalue weighted by Gasteiger charge is -2.29. The fourth-order valence-corrected chi connectivity index (χ4v) is 2.66. The van der Waals surface area contributed by atoms with Crippen LogP contribution < -0.4 is 10.7 Å². The van der Waals surface area contributed by atoms with Gasteiger partial charge in [-0.15, -0.1) is 17.0 Å². The molecule has 1 unspecified atom stereocenters. The average Bonchev–Trinajstić information content (AvgIpc) is 2.63. The Hall–Kier alpha value is -1.69. The van der Waals surface area contributed by atoms with Gasteiger partial charge in [-0.3, -0.25) is 10.2 Å². The number of halogens is 1. The molecule has 0 aliphatic carbocycles. The van der Waals surface area contributed by atoms with E-state index < -0.39 is 0 Å². The van der Waals surface area contributed by atoms with Gasteiger partial charge in [-0.25, -0.2) is 5.01 Å². The molecule has 110 valence electrons. The number of para-hydroxylation sites is 1. The Morgan fingerprint density at radius 3 is 2.48 bits per heavy atom. The van der Waals surface area contributed by atoms with Crippen LogP contribution in [-0.4, -0.2) is 24.5 Å². The Morgan fingerprint density at radius 2 is 1.76 bits per heavy atom. The molecule has 1 aliphatic rings. The first-order chi connectivity index (χ1) is 9.79. The van der Waals surface area contributed by atoms with Crippen molar-refractivity contribution in [2.24, 2.45) is 0 Å². The fourth-order valence-electron chi connectivity index (χ4n) is 2.66. The highest BCUT2D eigenvalue weighted by atomic mass is 79.9. The number of hydrogen-bond acceptors (Lipinski definition) is 3. The smallest absolute Gasteiger partial charge is 0.240 e. The average molecular weight is 348 g/mol. The first-order valence-corrected chi connectivity index (χ1v) is 6.67. The quantitative estimate of drug-likeness (QED) is 0.877. The van der Waals surface area contributed by atoms with Crippen LogP contribution in [0.15, 0.2) is 54.6 Å². The second kappa shape index (κ2) is 6.85. The van der Waals surface area contributed by atoms with Crippen LogP contribution in [0, 0.1) is 0 Å². The molecule has 3 rings (SSSR count). The second-order valence-electron chi connectivity index (χ2n) is 4.80. The molecule has 0 aromatic heterocycles. The Morgan fingerprint density at radius 1 is 1.10 bits per heavy atom. The molecule has 4 nitrogen and oxygen atoms in total. The molecule has 0 radical (unpaired) electrons. The Bertz CT molecular complexity index is 618. The predicted molar refractivity (Wildman–Crippen MR) is 89.4 cm³/mol. The number of amides is 1. The SMILES string of the molecule is Br.CNN1CC(=O)Nc2ccccc2C1c1ccccc1. The third kappa shape index (κ3) is 3.15. The van der Waals surface area contributed by atoms with Crippen LogP contribution in [0.2, 0.25) is 0 Å². The van der Waals surface area contributed by atoms with E-state index in [0.717, 1.165) is 16.8 Å². The van der Waals surface area contributed by atoms with E-state index in [0.29, 0.717) is 6.54 Å². The van der Waals surface area contributed by atoms with Gasteiger partial charge in [0.15, 0.2) is 0 Å². The molecular formula is C16H18BrN3O. The van der Waals surface area contributed by atoms with E-state index in [1.807, 2.05) is 48.5 Å². The topological polar surface area (TPSA) is 44.4 Å². The number of carbonyl (C=O) groups excluding carboxylic acids is 1. The molecular weight excluding hydrogens is 330 g/mol. The highest BCUT2D eigenvalue weighted by Crippen LogP contribution is 2.34. The number of rotatable bonds is 2. The van der Waals surface area contributed by atoms with Gasteiger partial charge in [0.25, 0.3) is 0 Å². The van der Waals surface area contributed by atoms with E-state index >= 15 is 0 Å². The molecule has 0 saturated heterocycles. The molecule has 0 spiro atoms. The summed E-state index contributed by atoms with van der Waals surface area (Å²) in [6.07, 6.45) is 0. The predicted octanol–water partition coefficient (Wildman–Crippen LogP) is 2.74. The van der Waals surface area contributed by atoms with Crippen LogP contribution in [0.4, 0.5) is 5.69 Å². The summed E-state index contributed by atoms with van der Waals surface area (Å²) in [4.78, 5) is 12.0. The molecule has 0 saturated carbocycles. The Kier molecular flexibility index (Phi) is 5.12. The molecule has 1 heterocycles. The zero-order valence-corrected chi connectivity index (χ0v) is 13.5. The molecule has 21 heavy (non-hydrogen) atoms. The number of anilines is 1. The van der Waals surface area contributed by atoms with Crippen molar-refractivity contribution in [2.45, 2.75) is 6.04 Å². The maximum atomic E-state index is 12.0. The molecule has 2 aromatic rings. The van der Waals surface area contributed by atoms with Crippen LogP contribution in [0.3, 0.4) is 0 Å². The van der Waals surface area contributed by atoms with Crippen molar-refractivity contribution in [3.05, 3.63) is 65.7 Å². The maximum Gasteiger partial charge on any atom is 0.240 e. The van der Waals surface area contributed by atoms with Crippen LogP contribution >= 0.6 is 17.0 Å². The van der Waals surface area contributed by atoms with Gasteiger partial charge in [0.1, 0.15) is 0 Å². The monoisotopic (exact) mass is 347 g/mol. The molecule has 0 fully saturated rings. The van der Waals surface area contributed by atoms with Gasteiger partial charge in [-0.1, -0.05) is 48.5 Å². The summed E-state index contributed by atoms with van der Waals surface area (Å²) in [5.41, 5.74) is 6.27. The Labute approximate surface area is 134 Å². The van der Waals surface area contributed by atoms with Crippen molar-refractivity contribution < 1.29 is 4.79 Å². The number of fused-ring (bicyclic) bond motifs is 1. The van der Waals surface area contributed by atoms with Crippen LogP contribution in [0.25, 0.3) is 0 Å². The van der Waals surface area contributed by atoms with E-state index in [2.05, 4.69) is 28.9 Å². The molecule has 2 N–H and O–H groups in total. The van der Waals surface area contributed by atoms with Crippen molar-refractivity contribution >= 4 is 28.6 Å². The van der Waals surface area contributed by atoms with Gasteiger partial charge in [-0.2, -0.15) is 0 Å². The van der Waals surface area contributed by atoms with Crippen molar-refractivity contribution in [3.63, 3.8) is 0 Å². The highest BCUT2D eigenvalue weighted by Gasteiger charge is 2.28. The van der Waals surface area contributed by atoms with Crippen LogP contribution in [-0.2, 0) is 4.79 Å².